The second-order valence-electron chi connectivity index (χ2n) is 6.52. The molecule has 1 aromatic carbocycles. The summed E-state index contributed by atoms with van der Waals surface area (Å²) in [6.07, 6.45) is 1.06. The predicted octanol–water partition coefficient (Wildman–Crippen LogP) is 2.24. The van der Waals surface area contributed by atoms with Crippen LogP contribution in [0, 0.1) is 0 Å². The molecule has 1 amide bonds. The lowest BCUT2D eigenvalue weighted by molar-refractivity contribution is -0.146. The van der Waals surface area contributed by atoms with E-state index in [0.29, 0.717) is 49.3 Å². The Labute approximate surface area is 174 Å². The Morgan fingerprint density at radius 3 is 2.89 bits per heavy atom. The first kappa shape index (κ1) is 20.7. The van der Waals surface area contributed by atoms with E-state index < -0.39 is 6.10 Å². The van der Waals surface area contributed by atoms with Gasteiger partial charge in [-0.25, -0.2) is 0 Å². The molecule has 2 aliphatic rings. The average molecular weight is 426 g/mol. The number of pyridine rings is 1. The molecule has 0 radical (unpaired) electrons. The largest absolute Gasteiger partial charge is 0.504 e. The van der Waals surface area contributed by atoms with Gasteiger partial charge in [-0.3, -0.25) is 9.78 Å². The molecule has 0 aliphatic carbocycles. The van der Waals surface area contributed by atoms with Crippen LogP contribution in [0.25, 0.3) is 11.3 Å². The third-order valence-electron chi connectivity index (χ3n) is 4.65. The normalized spacial score (nSPS) is 19.0. The minimum Gasteiger partial charge on any atom is -0.504 e. The number of hydrogen-bond donors (Lipinski definition) is 2. The first-order valence-corrected chi connectivity index (χ1v) is 9.21. The first-order chi connectivity index (χ1) is 13.1. The number of phenols is 1. The molecule has 9 heteroatoms. The van der Waals surface area contributed by atoms with Crippen LogP contribution in [-0.2, 0) is 16.1 Å². The Hall–Kier alpha value is -2.06. The van der Waals surface area contributed by atoms with Crippen molar-refractivity contribution in [3.63, 3.8) is 0 Å². The van der Waals surface area contributed by atoms with Crippen molar-refractivity contribution in [2.75, 3.05) is 32.8 Å². The highest BCUT2D eigenvalue weighted by Crippen LogP contribution is 2.37. The fraction of sp³-hybridized carbons (Fsp3) is 0.368. The van der Waals surface area contributed by atoms with Crippen LogP contribution in [0.2, 0.25) is 5.02 Å². The summed E-state index contributed by atoms with van der Waals surface area (Å²) in [5.41, 5.74) is 2.15. The molecular formula is C19H21Cl2N3O4. The average Bonchev–Trinajstić information content (AvgIpc) is 2.91. The van der Waals surface area contributed by atoms with Crippen LogP contribution in [0.3, 0.4) is 0 Å². The number of hydrogen-bond acceptors (Lipinski definition) is 6. The number of amides is 1. The van der Waals surface area contributed by atoms with Gasteiger partial charge >= 0.3 is 0 Å². The van der Waals surface area contributed by atoms with Crippen LogP contribution in [0.15, 0.2) is 30.5 Å². The first-order valence-electron chi connectivity index (χ1n) is 8.83. The number of carbonyl (C=O) groups excluding carboxylic acids is 1. The van der Waals surface area contributed by atoms with E-state index in [-0.39, 0.29) is 24.1 Å². The lowest BCUT2D eigenvalue weighted by Crippen LogP contribution is -2.49. The van der Waals surface area contributed by atoms with Crippen LogP contribution >= 0.6 is 24.0 Å². The summed E-state index contributed by atoms with van der Waals surface area (Å²) < 4.78 is 11.3. The van der Waals surface area contributed by atoms with Crippen molar-refractivity contribution in [3.05, 3.63) is 41.0 Å². The van der Waals surface area contributed by atoms with Crippen LogP contribution < -0.4 is 10.1 Å². The molecule has 2 N–H and O–H groups in total. The summed E-state index contributed by atoms with van der Waals surface area (Å²) in [6, 6.07) is 7.02. The van der Waals surface area contributed by atoms with Crippen molar-refractivity contribution in [2.45, 2.75) is 12.6 Å². The minimum atomic E-state index is -0.491. The number of carbonyl (C=O) groups is 1. The maximum atomic E-state index is 12.8. The van der Waals surface area contributed by atoms with Crippen molar-refractivity contribution in [2.24, 2.45) is 0 Å². The van der Waals surface area contributed by atoms with E-state index in [0.717, 1.165) is 17.7 Å². The number of phenolic OH excluding ortho intramolecular Hbond substituents is 1. The molecule has 1 unspecified atom stereocenters. The van der Waals surface area contributed by atoms with Gasteiger partial charge < -0.3 is 24.8 Å². The minimum absolute atomic E-state index is 0. The van der Waals surface area contributed by atoms with Crippen molar-refractivity contribution >= 4 is 29.9 Å². The Balaban J connectivity index is 0.00000225. The fourth-order valence-corrected chi connectivity index (χ4v) is 3.42. The molecule has 0 bridgehead atoms. The molecule has 2 aromatic rings. The van der Waals surface area contributed by atoms with E-state index in [1.54, 1.807) is 29.3 Å². The van der Waals surface area contributed by atoms with E-state index in [9.17, 15) is 9.90 Å². The number of ether oxygens (including phenoxy) is 2. The van der Waals surface area contributed by atoms with Gasteiger partial charge in [0.1, 0.15) is 12.7 Å². The zero-order valence-corrected chi connectivity index (χ0v) is 16.6. The number of benzene rings is 1. The maximum absolute atomic E-state index is 12.8. The number of fused-ring (bicyclic) bond motifs is 1. The summed E-state index contributed by atoms with van der Waals surface area (Å²) >= 11 is 5.90. The summed E-state index contributed by atoms with van der Waals surface area (Å²) in [4.78, 5) is 18.8. The molecule has 1 aromatic heterocycles. The quantitative estimate of drug-likeness (QED) is 0.767. The lowest BCUT2D eigenvalue weighted by Gasteiger charge is -2.28. The zero-order valence-electron chi connectivity index (χ0n) is 15.1. The Morgan fingerprint density at radius 2 is 2.18 bits per heavy atom. The fourth-order valence-electron chi connectivity index (χ4n) is 3.31. The van der Waals surface area contributed by atoms with E-state index in [1.165, 1.54) is 0 Å². The summed E-state index contributed by atoms with van der Waals surface area (Å²) in [7, 11) is 0. The molecule has 0 saturated carbocycles. The van der Waals surface area contributed by atoms with E-state index in [4.69, 9.17) is 21.1 Å². The molecule has 28 heavy (non-hydrogen) atoms. The van der Waals surface area contributed by atoms with E-state index in [2.05, 4.69) is 10.3 Å². The van der Waals surface area contributed by atoms with Gasteiger partial charge in [-0.15, -0.1) is 12.4 Å². The van der Waals surface area contributed by atoms with Crippen LogP contribution in [0.1, 0.15) is 5.56 Å². The van der Waals surface area contributed by atoms with Crippen LogP contribution in [0.4, 0.5) is 0 Å². The predicted molar refractivity (Wildman–Crippen MR) is 107 cm³/mol. The molecule has 7 nitrogen and oxygen atoms in total. The van der Waals surface area contributed by atoms with Gasteiger partial charge in [0.15, 0.2) is 11.5 Å². The summed E-state index contributed by atoms with van der Waals surface area (Å²) in [6.45, 7) is 2.85. The smallest absolute Gasteiger partial charge is 0.253 e. The van der Waals surface area contributed by atoms with Crippen molar-refractivity contribution in [1.82, 2.24) is 15.2 Å². The second kappa shape index (κ2) is 8.96. The SMILES string of the molecule is Cl.O=C(C1CNCCO1)N1CCOc2c(O)cc(-c3ccc(Cl)cn3)cc2C1. The van der Waals surface area contributed by atoms with Crippen molar-refractivity contribution in [1.29, 1.82) is 0 Å². The number of aromatic hydroxyl groups is 1. The van der Waals surface area contributed by atoms with Gasteiger partial charge in [0.25, 0.3) is 5.91 Å². The van der Waals surface area contributed by atoms with Crippen molar-refractivity contribution in [3.8, 4) is 22.8 Å². The Morgan fingerprint density at radius 1 is 1.32 bits per heavy atom. The van der Waals surface area contributed by atoms with Gasteiger partial charge in [0.05, 0.1) is 23.9 Å². The highest BCUT2D eigenvalue weighted by molar-refractivity contribution is 6.30. The number of nitrogens with one attached hydrogen (secondary N) is 1. The van der Waals surface area contributed by atoms with Gasteiger partial charge in [-0.2, -0.15) is 0 Å². The summed E-state index contributed by atoms with van der Waals surface area (Å²) in [5, 5.41) is 14.1. The van der Waals surface area contributed by atoms with Gasteiger partial charge in [-0.1, -0.05) is 11.6 Å². The topological polar surface area (TPSA) is 83.9 Å². The molecule has 2 aliphatic heterocycles. The third kappa shape index (κ3) is 4.33. The van der Waals surface area contributed by atoms with Crippen LogP contribution in [0.5, 0.6) is 11.5 Å². The molecule has 1 fully saturated rings. The van der Waals surface area contributed by atoms with Crippen molar-refractivity contribution < 1.29 is 19.4 Å². The Bertz CT molecular complexity index is 842. The monoisotopic (exact) mass is 425 g/mol. The standard InChI is InChI=1S/C19H20ClN3O4.ClH/c20-14-1-2-15(22-9-14)12-7-13-11-23(4-6-27-18(13)16(24)8-12)19(25)17-10-21-3-5-26-17;/h1-2,7-9,17,21,24H,3-6,10-11H2;1H. The summed E-state index contributed by atoms with van der Waals surface area (Å²) in [5.74, 6) is 0.364. The zero-order chi connectivity index (χ0) is 18.8. The third-order valence-corrected chi connectivity index (χ3v) is 4.88. The molecule has 1 saturated heterocycles. The highest BCUT2D eigenvalue weighted by atomic mass is 35.5. The molecular weight excluding hydrogens is 405 g/mol. The number of morpholine rings is 1. The number of aromatic nitrogens is 1. The number of halogens is 2. The van der Waals surface area contributed by atoms with Gasteiger partial charge in [0, 0.05) is 37.0 Å². The van der Waals surface area contributed by atoms with E-state index >= 15 is 0 Å². The highest BCUT2D eigenvalue weighted by Gasteiger charge is 2.29. The Kier molecular flexibility index (Phi) is 6.61. The van der Waals surface area contributed by atoms with Gasteiger partial charge in [-0.05, 0) is 24.3 Å². The molecule has 0 spiro atoms. The van der Waals surface area contributed by atoms with Crippen LogP contribution in [-0.4, -0.2) is 59.8 Å². The molecule has 3 heterocycles. The molecule has 4 rings (SSSR count). The second-order valence-corrected chi connectivity index (χ2v) is 6.95. The number of nitrogens with zero attached hydrogens (tertiary/aromatic N) is 2. The van der Waals surface area contributed by atoms with E-state index in [1.807, 2.05) is 6.07 Å². The maximum Gasteiger partial charge on any atom is 0.253 e. The molecule has 150 valence electrons. The van der Waals surface area contributed by atoms with Gasteiger partial charge in [0.2, 0.25) is 0 Å². The molecule has 1 atom stereocenters. The lowest BCUT2D eigenvalue weighted by atomic mass is 10.0. The number of rotatable bonds is 2.